The minimum Gasteiger partial charge on any atom is -0.312 e. The van der Waals surface area contributed by atoms with E-state index in [1.165, 1.54) is 27.3 Å². The molecule has 0 saturated carbocycles. The summed E-state index contributed by atoms with van der Waals surface area (Å²) in [6, 6.07) is 2.77. The van der Waals surface area contributed by atoms with Gasteiger partial charge in [0.25, 0.3) is 0 Å². The summed E-state index contributed by atoms with van der Waals surface area (Å²) in [6.45, 7) is 5.77. The molecule has 1 fully saturated rings. The molecule has 0 aliphatic carbocycles. The molecule has 1 aromatic rings. The molecular formula is C14H22BrNS3. The van der Waals surface area contributed by atoms with Gasteiger partial charge in [-0.3, -0.25) is 0 Å². The third-order valence-electron chi connectivity index (χ3n) is 3.39. The summed E-state index contributed by atoms with van der Waals surface area (Å²) < 4.78 is 1.28. The van der Waals surface area contributed by atoms with E-state index in [9.17, 15) is 0 Å². The molecule has 0 bridgehead atoms. The summed E-state index contributed by atoms with van der Waals surface area (Å²) in [7, 11) is 0. The van der Waals surface area contributed by atoms with Gasteiger partial charge in [-0.2, -0.15) is 23.5 Å². The maximum atomic E-state index is 3.79. The molecule has 1 nitrogen and oxygen atoms in total. The second-order valence-corrected chi connectivity index (χ2v) is 9.49. The molecule has 5 heteroatoms. The third-order valence-corrected chi connectivity index (χ3v) is 8.59. The van der Waals surface area contributed by atoms with E-state index in [1.807, 2.05) is 11.3 Å². The van der Waals surface area contributed by atoms with E-state index < -0.39 is 0 Å². The number of rotatable bonds is 6. The second kappa shape index (κ2) is 8.32. The Hall–Kier alpha value is 0.840. The Morgan fingerprint density at radius 3 is 2.84 bits per heavy atom. The van der Waals surface area contributed by atoms with Crippen molar-refractivity contribution in [2.75, 3.05) is 18.1 Å². The first kappa shape index (κ1) is 16.2. The first-order valence-electron chi connectivity index (χ1n) is 6.90. The Morgan fingerprint density at radius 1 is 1.42 bits per heavy atom. The highest BCUT2D eigenvalue weighted by molar-refractivity contribution is 9.10. The van der Waals surface area contributed by atoms with Crippen LogP contribution in [0.5, 0.6) is 0 Å². The fourth-order valence-electron chi connectivity index (χ4n) is 2.40. The Kier molecular flexibility index (Phi) is 7.10. The van der Waals surface area contributed by atoms with Crippen molar-refractivity contribution in [1.82, 2.24) is 5.32 Å². The molecule has 1 aliphatic rings. The molecule has 0 aromatic carbocycles. The number of hydrogen-bond donors (Lipinski definition) is 1. The van der Waals surface area contributed by atoms with Gasteiger partial charge in [0.2, 0.25) is 0 Å². The van der Waals surface area contributed by atoms with Crippen LogP contribution in [0.15, 0.2) is 15.9 Å². The molecule has 1 aromatic heterocycles. The molecule has 1 N–H and O–H groups in total. The van der Waals surface area contributed by atoms with E-state index in [1.54, 1.807) is 0 Å². The zero-order valence-corrected chi connectivity index (χ0v) is 15.6. The van der Waals surface area contributed by atoms with Gasteiger partial charge in [0.15, 0.2) is 0 Å². The first-order chi connectivity index (χ1) is 9.22. The van der Waals surface area contributed by atoms with Crippen LogP contribution in [-0.2, 0) is 6.42 Å². The van der Waals surface area contributed by atoms with E-state index >= 15 is 0 Å². The van der Waals surface area contributed by atoms with E-state index in [0.29, 0.717) is 6.04 Å². The molecule has 0 spiro atoms. The molecule has 0 amide bonds. The number of hydrogen-bond acceptors (Lipinski definition) is 4. The highest BCUT2D eigenvalue weighted by Crippen LogP contribution is 2.35. The SMILES string of the molecule is CCCNC(Cc1sccc1Br)C1SCCSC1C. The average Bonchev–Trinajstić information content (AvgIpc) is 2.81. The van der Waals surface area contributed by atoms with Crippen molar-refractivity contribution in [3.8, 4) is 0 Å². The number of thioether (sulfide) groups is 2. The van der Waals surface area contributed by atoms with Crippen LogP contribution in [0.4, 0.5) is 0 Å². The van der Waals surface area contributed by atoms with Gasteiger partial charge in [-0.15, -0.1) is 11.3 Å². The zero-order chi connectivity index (χ0) is 13.7. The fraction of sp³-hybridized carbons (Fsp3) is 0.714. The highest BCUT2D eigenvalue weighted by Gasteiger charge is 2.30. The van der Waals surface area contributed by atoms with E-state index in [0.717, 1.165) is 23.5 Å². The van der Waals surface area contributed by atoms with Crippen molar-refractivity contribution in [1.29, 1.82) is 0 Å². The maximum Gasteiger partial charge on any atom is 0.0321 e. The van der Waals surface area contributed by atoms with Crippen LogP contribution < -0.4 is 5.32 Å². The number of halogens is 1. The highest BCUT2D eigenvalue weighted by atomic mass is 79.9. The Balaban J connectivity index is 2.04. The van der Waals surface area contributed by atoms with Crippen LogP contribution in [0.1, 0.15) is 25.1 Å². The van der Waals surface area contributed by atoms with Crippen LogP contribution >= 0.6 is 50.8 Å². The minimum absolute atomic E-state index is 0.600. The summed E-state index contributed by atoms with van der Waals surface area (Å²) >= 11 is 9.85. The van der Waals surface area contributed by atoms with Gasteiger partial charge < -0.3 is 5.32 Å². The van der Waals surface area contributed by atoms with Crippen molar-refractivity contribution < 1.29 is 0 Å². The first-order valence-corrected chi connectivity index (χ1v) is 10.7. The quantitative estimate of drug-likeness (QED) is 0.771. The van der Waals surface area contributed by atoms with Crippen molar-refractivity contribution in [3.05, 3.63) is 20.8 Å². The van der Waals surface area contributed by atoms with E-state index in [4.69, 9.17) is 0 Å². The van der Waals surface area contributed by atoms with E-state index in [-0.39, 0.29) is 0 Å². The van der Waals surface area contributed by atoms with Gasteiger partial charge in [-0.25, -0.2) is 0 Å². The molecule has 108 valence electrons. The standard InChI is InChI=1S/C14H22BrNS3/c1-3-5-16-12(9-13-11(15)4-6-18-13)14-10(2)17-7-8-19-14/h4,6,10,12,14,16H,3,5,7-9H2,1-2H3. The smallest absolute Gasteiger partial charge is 0.0321 e. The van der Waals surface area contributed by atoms with Gasteiger partial charge >= 0.3 is 0 Å². The van der Waals surface area contributed by atoms with Crippen LogP contribution in [0.3, 0.4) is 0 Å². The molecule has 2 rings (SSSR count). The zero-order valence-electron chi connectivity index (χ0n) is 11.5. The Labute approximate surface area is 137 Å². The molecule has 3 atom stereocenters. The second-order valence-electron chi connectivity index (χ2n) is 4.87. The Bertz CT molecular complexity index is 383. The molecule has 19 heavy (non-hydrogen) atoms. The van der Waals surface area contributed by atoms with Crippen molar-refractivity contribution in [3.63, 3.8) is 0 Å². The summed E-state index contributed by atoms with van der Waals surface area (Å²) in [5.74, 6) is 2.61. The largest absolute Gasteiger partial charge is 0.312 e. The lowest BCUT2D eigenvalue weighted by Gasteiger charge is -2.35. The molecule has 1 saturated heterocycles. The normalized spacial score (nSPS) is 25.4. The molecule has 0 radical (unpaired) electrons. The Morgan fingerprint density at radius 2 is 2.21 bits per heavy atom. The van der Waals surface area contributed by atoms with Crippen LogP contribution in [0.25, 0.3) is 0 Å². The van der Waals surface area contributed by atoms with Crippen molar-refractivity contribution in [2.45, 2.75) is 43.2 Å². The summed E-state index contributed by atoms with van der Waals surface area (Å²) in [5, 5.41) is 7.46. The number of nitrogens with one attached hydrogen (secondary N) is 1. The summed E-state index contributed by atoms with van der Waals surface area (Å²) in [4.78, 5) is 1.48. The lowest BCUT2D eigenvalue weighted by atomic mass is 10.1. The summed E-state index contributed by atoms with van der Waals surface area (Å²) in [5.41, 5.74) is 0. The lowest BCUT2D eigenvalue weighted by molar-refractivity contribution is 0.488. The monoisotopic (exact) mass is 379 g/mol. The van der Waals surface area contributed by atoms with Crippen LogP contribution in [0.2, 0.25) is 0 Å². The molecule has 2 heterocycles. The van der Waals surface area contributed by atoms with Crippen LogP contribution in [0, 0.1) is 0 Å². The molecule has 1 aliphatic heterocycles. The maximum absolute atomic E-state index is 3.79. The van der Waals surface area contributed by atoms with E-state index in [2.05, 4.69) is 70.1 Å². The third kappa shape index (κ3) is 4.67. The van der Waals surface area contributed by atoms with Gasteiger partial charge in [0, 0.05) is 37.4 Å². The minimum atomic E-state index is 0.600. The van der Waals surface area contributed by atoms with Gasteiger partial charge in [-0.1, -0.05) is 13.8 Å². The van der Waals surface area contributed by atoms with Crippen molar-refractivity contribution >= 4 is 50.8 Å². The van der Waals surface area contributed by atoms with Gasteiger partial charge in [-0.05, 0) is 46.8 Å². The van der Waals surface area contributed by atoms with Gasteiger partial charge in [0.05, 0.1) is 0 Å². The molecular weight excluding hydrogens is 358 g/mol. The predicted octanol–water partition coefficient (Wildman–Crippen LogP) is 4.66. The van der Waals surface area contributed by atoms with Gasteiger partial charge in [0.1, 0.15) is 0 Å². The topological polar surface area (TPSA) is 12.0 Å². The predicted molar refractivity (Wildman–Crippen MR) is 96.0 cm³/mol. The average molecular weight is 380 g/mol. The summed E-state index contributed by atoms with van der Waals surface area (Å²) in [6.07, 6.45) is 2.36. The van der Waals surface area contributed by atoms with Crippen LogP contribution in [-0.4, -0.2) is 34.6 Å². The van der Waals surface area contributed by atoms with Crippen molar-refractivity contribution in [2.24, 2.45) is 0 Å². The molecule has 3 unspecified atom stereocenters. The fourth-order valence-corrected chi connectivity index (χ4v) is 6.93. The number of thiophene rings is 1. The lowest BCUT2D eigenvalue weighted by Crippen LogP contribution is -2.46.